The maximum Gasteiger partial charge on any atom is 0.306 e. The van der Waals surface area contributed by atoms with E-state index in [9.17, 15) is 37.9 Å². The van der Waals surface area contributed by atoms with Crippen LogP contribution < -0.4 is 0 Å². The second-order valence-corrected chi connectivity index (χ2v) is 16.6. The number of unbranched alkanes of at least 4 members (excludes halogenated alkanes) is 23. The zero-order chi connectivity index (χ0) is 39.9. The van der Waals surface area contributed by atoms with Crippen LogP contribution in [-0.2, 0) is 38.7 Å². The van der Waals surface area contributed by atoms with Gasteiger partial charge in [-0.3, -0.25) is 14.1 Å². The monoisotopic (exact) mass is 793 g/mol. The van der Waals surface area contributed by atoms with Gasteiger partial charge in [0.05, 0.1) is 6.61 Å². The van der Waals surface area contributed by atoms with Crippen LogP contribution in [-0.4, -0.2) is 96.0 Å². The Labute approximate surface area is 326 Å². The van der Waals surface area contributed by atoms with Crippen LogP contribution >= 0.6 is 0 Å². The molecule has 54 heavy (non-hydrogen) atoms. The van der Waals surface area contributed by atoms with E-state index in [0.29, 0.717) is 12.8 Å². The molecule has 13 heteroatoms. The minimum atomic E-state index is -4.59. The van der Waals surface area contributed by atoms with Gasteiger partial charge in [0, 0.05) is 12.8 Å². The second-order valence-electron chi connectivity index (χ2n) is 15.1. The van der Waals surface area contributed by atoms with Gasteiger partial charge in [0.1, 0.15) is 36.8 Å². The van der Waals surface area contributed by atoms with Gasteiger partial charge in [0.25, 0.3) is 10.1 Å². The van der Waals surface area contributed by atoms with Crippen molar-refractivity contribution in [3.8, 4) is 0 Å². The molecule has 0 saturated carbocycles. The Hall–Kier alpha value is -1.61. The molecule has 0 bridgehead atoms. The lowest BCUT2D eigenvalue weighted by atomic mass is 10.00. The van der Waals surface area contributed by atoms with E-state index in [1.807, 2.05) is 6.08 Å². The molecule has 6 atom stereocenters. The molecule has 0 aromatic rings. The summed E-state index contributed by atoms with van der Waals surface area (Å²) in [4.78, 5) is 25.3. The molecule has 1 fully saturated rings. The summed E-state index contributed by atoms with van der Waals surface area (Å²) in [7, 11) is -4.59. The third-order valence-corrected chi connectivity index (χ3v) is 10.7. The van der Waals surface area contributed by atoms with Crippen LogP contribution in [0.25, 0.3) is 0 Å². The van der Waals surface area contributed by atoms with E-state index in [2.05, 4.69) is 13.5 Å². The molecule has 1 aliphatic rings. The average Bonchev–Trinajstić information content (AvgIpc) is 3.13. The second kappa shape index (κ2) is 32.5. The first-order valence-corrected chi connectivity index (χ1v) is 22.8. The highest BCUT2D eigenvalue weighted by atomic mass is 32.2. The summed E-state index contributed by atoms with van der Waals surface area (Å²) in [5.41, 5.74) is 0. The summed E-state index contributed by atoms with van der Waals surface area (Å²) in [5.74, 6) is -1.98. The Morgan fingerprint density at radius 2 is 1.09 bits per heavy atom. The highest BCUT2D eigenvalue weighted by Gasteiger charge is 2.46. The SMILES string of the molecule is C=CCCCCCCCCCCCCCCCC(=O)OC[C@H](CO[C@H]1O[C@H](CS(=O)(=O)O)[C@@H](O)C(O)C1O)OC(=O)CCCCCCCCCCCCC. The maximum atomic E-state index is 12.7. The number of rotatable bonds is 36. The van der Waals surface area contributed by atoms with Crippen LogP contribution in [0.3, 0.4) is 0 Å². The highest BCUT2D eigenvalue weighted by Crippen LogP contribution is 2.24. The fourth-order valence-electron chi connectivity index (χ4n) is 6.66. The van der Waals surface area contributed by atoms with Crippen LogP contribution in [0.15, 0.2) is 12.7 Å². The zero-order valence-corrected chi connectivity index (χ0v) is 34.2. The van der Waals surface area contributed by atoms with Crippen molar-refractivity contribution in [3.63, 3.8) is 0 Å². The van der Waals surface area contributed by atoms with Crippen molar-refractivity contribution in [2.45, 2.75) is 217 Å². The minimum Gasteiger partial charge on any atom is -0.462 e. The van der Waals surface area contributed by atoms with Gasteiger partial charge in [0.2, 0.25) is 0 Å². The van der Waals surface area contributed by atoms with Crippen molar-refractivity contribution in [1.29, 1.82) is 0 Å². The largest absolute Gasteiger partial charge is 0.462 e. The van der Waals surface area contributed by atoms with Crippen LogP contribution in [0.4, 0.5) is 0 Å². The number of esters is 2. The normalized spacial score (nSPS) is 20.8. The molecule has 4 N–H and O–H groups in total. The lowest BCUT2D eigenvalue weighted by molar-refractivity contribution is -0.297. The molecule has 0 aromatic heterocycles. The molecular formula is C41H76O12S. The fraction of sp³-hybridized carbons (Fsp3) is 0.902. The fourth-order valence-corrected chi connectivity index (χ4v) is 7.35. The van der Waals surface area contributed by atoms with Crippen molar-refractivity contribution in [2.24, 2.45) is 0 Å². The predicted molar refractivity (Wildman–Crippen MR) is 210 cm³/mol. The highest BCUT2D eigenvalue weighted by molar-refractivity contribution is 7.85. The molecule has 1 saturated heterocycles. The van der Waals surface area contributed by atoms with E-state index in [0.717, 1.165) is 44.9 Å². The van der Waals surface area contributed by atoms with E-state index >= 15 is 0 Å². The van der Waals surface area contributed by atoms with Gasteiger partial charge in [-0.25, -0.2) is 0 Å². The number of aliphatic hydroxyl groups excluding tert-OH is 3. The Kier molecular flexibility index (Phi) is 30.3. The molecule has 1 rings (SSSR count). The molecule has 12 nitrogen and oxygen atoms in total. The number of ether oxygens (including phenoxy) is 4. The van der Waals surface area contributed by atoms with Gasteiger partial charge in [-0.2, -0.15) is 8.42 Å². The zero-order valence-electron chi connectivity index (χ0n) is 33.4. The number of aliphatic hydroxyl groups is 3. The first-order valence-electron chi connectivity index (χ1n) is 21.2. The number of hydrogen-bond donors (Lipinski definition) is 4. The third kappa shape index (κ3) is 27.1. The Balaban J connectivity index is 2.45. The lowest BCUT2D eigenvalue weighted by Gasteiger charge is -2.40. The van der Waals surface area contributed by atoms with Gasteiger partial charge < -0.3 is 34.3 Å². The van der Waals surface area contributed by atoms with E-state index in [1.54, 1.807) is 0 Å². The lowest BCUT2D eigenvalue weighted by Crippen LogP contribution is -2.60. The Morgan fingerprint density at radius 3 is 1.56 bits per heavy atom. The van der Waals surface area contributed by atoms with Gasteiger partial charge in [-0.1, -0.05) is 148 Å². The van der Waals surface area contributed by atoms with Gasteiger partial charge in [-0.15, -0.1) is 6.58 Å². The molecule has 0 amide bonds. The van der Waals surface area contributed by atoms with Crippen LogP contribution in [0.5, 0.6) is 0 Å². The average molecular weight is 793 g/mol. The molecule has 0 spiro atoms. The van der Waals surface area contributed by atoms with Gasteiger partial charge >= 0.3 is 11.9 Å². The van der Waals surface area contributed by atoms with Crippen molar-refractivity contribution in [3.05, 3.63) is 12.7 Å². The molecule has 2 unspecified atom stereocenters. The molecule has 318 valence electrons. The van der Waals surface area contributed by atoms with E-state index in [4.69, 9.17) is 18.9 Å². The molecule has 0 aliphatic carbocycles. The molecule has 0 radical (unpaired) electrons. The van der Waals surface area contributed by atoms with Crippen molar-refractivity contribution in [1.82, 2.24) is 0 Å². The number of carbonyl (C=O) groups is 2. The summed E-state index contributed by atoms with van der Waals surface area (Å²) in [6, 6.07) is 0. The molecule has 1 heterocycles. The first-order chi connectivity index (χ1) is 26.0. The molecule has 0 aromatic carbocycles. The van der Waals surface area contributed by atoms with Crippen LogP contribution in [0.1, 0.15) is 180 Å². The molecule has 1 aliphatic heterocycles. The standard InChI is InChI=1S/C41H76O12S/c1-3-5-7-9-11-13-15-16-17-18-20-21-23-25-27-29-36(42)50-31-34(52-37(43)30-28-26-24-22-19-14-12-10-8-6-4-2)32-51-41-40(46)39(45)38(44)35(53-41)33-54(47,48)49/h3,34-35,38-41,44-46H,1,4-33H2,2H3,(H,47,48,49)/t34-,35-,38-,39?,40?,41+/m1/s1. The maximum absolute atomic E-state index is 12.7. The number of hydrogen-bond acceptors (Lipinski definition) is 11. The summed E-state index contributed by atoms with van der Waals surface area (Å²) in [6.07, 6.45) is 21.6. The van der Waals surface area contributed by atoms with E-state index in [-0.39, 0.29) is 19.4 Å². The summed E-state index contributed by atoms with van der Waals surface area (Å²) < 4.78 is 53.9. The smallest absolute Gasteiger partial charge is 0.306 e. The van der Waals surface area contributed by atoms with Crippen molar-refractivity contribution < 1.29 is 56.8 Å². The first kappa shape index (κ1) is 50.4. The van der Waals surface area contributed by atoms with Crippen LogP contribution in [0.2, 0.25) is 0 Å². The van der Waals surface area contributed by atoms with Crippen molar-refractivity contribution >= 4 is 22.1 Å². The summed E-state index contributed by atoms with van der Waals surface area (Å²) >= 11 is 0. The van der Waals surface area contributed by atoms with E-state index in [1.165, 1.54) is 103 Å². The quantitative estimate of drug-likeness (QED) is 0.0208. The Morgan fingerprint density at radius 1 is 0.648 bits per heavy atom. The van der Waals surface area contributed by atoms with Crippen LogP contribution in [0, 0.1) is 0 Å². The van der Waals surface area contributed by atoms with E-state index < -0.39 is 71.2 Å². The predicted octanol–water partition coefficient (Wildman–Crippen LogP) is 7.89. The molecular weight excluding hydrogens is 717 g/mol. The van der Waals surface area contributed by atoms with Gasteiger partial charge in [0.15, 0.2) is 12.4 Å². The summed E-state index contributed by atoms with van der Waals surface area (Å²) in [5, 5.41) is 30.8. The number of carbonyl (C=O) groups excluding carboxylic acids is 2. The number of allylic oxidation sites excluding steroid dienone is 1. The van der Waals surface area contributed by atoms with Gasteiger partial charge in [-0.05, 0) is 25.7 Å². The Bertz CT molecular complexity index is 1050. The summed E-state index contributed by atoms with van der Waals surface area (Å²) in [6.45, 7) is 5.27. The topological polar surface area (TPSA) is 186 Å². The third-order valence-electron chi connectivity index (χ3n) is 9.99. The minimum absolute atomic E-state index is 0.168. The van der Waals surface area contributed by atoms with Crippen molar-refractivity contribution in [2.75, 3.05) is 19.0 Å².